The Hall–Kier alpha value is -6.29. The minimum atomic E-state index is -0.404. The number of aromatic hydroxyl groups is 2. The van der Waals surface area contributed by atoms with E-state index in [0.29, 0.717) is 78.7 Å². The molecule has 6 aromatic carbocycles. The highest BCUT2D eigenvalue weighted by Gasteiger charge is 2.17. The number of anilines is 1. The summed E-state index contributed by atoms with van der Waals surface area (Å²) in [4.78, 5) is 13.6. The summed E-state index contributed by atoms with van der Waals surface area (Å²) < 4.78 is 14.7. The van der Waals surface area contributed by atoms with E-state index < -0.39 is 5.91 Å². The summed E-state index contributed by atoms with van der Waals surface area (Å²) in [7, 11) is 1.46. The number of nitrogens with one attached hydrogen (secondary N) is 1. The van der Waals surface area contributed by atoms with Crippen molar-refractivity contribution in [2.24, 2.45) is 30.7 Å². The van der Waals surface area contributed by atoms with Gasteiger partial charge in [0.1, 0.15) is 22.9 Å². The number of hydrogen-bond acceptors (Lipinski definition) is 18. The molecule has 0 radical (unpaired) electrons. The number of methoxy groups -OCH3 is 1. The number of rotatable bonds is 15. The summed E-state index contributed by atoms with van der Waals surface area (Å²) in [6.07, 6.45) is 0. The van der Waals surface area contributed by atoms with E-state index in [9.17, 15) is 15.0 Å². The Balaban J connectivity index is 1.19. The lowest BCUT2D eigenvalue weighted by atomic mass is 10.1. The van der Waals surface area contributed by atoms with Crippen molar-refractivity contribution in [3.8, 4) is 17.2 Å². The van der Waals surface area contributed by atoms with Gasteiger partial charge in [-0.3, -0.25) is 4.79 Å². The van der Waals surface area contributed by atoms with E-state index in [1.165, 1.54) is 31.4 Å². The normalized spacial score (nSPS) is 11.6. The minimum Gasteiger partial charge on any atom is -0.508 e. The predicted octanol–water partition coefficient (Wildman–Crippen LogP) is 11.9. The summed E-state index contributed by atoms with van der Waals surface area (Å²) in [5, 5.41) is 74.9. The summed E-state index contributed by atoms with van der Waals surface area (Å²) in [6.45, 7) is 1.81. The van der Waals surface area contributed by atoms with E-state index in [2.05, 4.69) is 54.7 Å². The highest BCUT2D eigenvalue weighted by molar-refractivity contribution is 7.94. The fourth-order valence-electron chi connectivity index (χ4n) is 5.04. The van der Waals surface area contributed by atoms with Crippen molar-refractivity contribution in [2.45, 2.75) is 16.7 Å². The molecule has 0 saturated heterocycles. The number of phenolic OH excluding ortho intramolecular Hbond substituents is 2. The first kappa shape index (κ1) is 39.4. The molecule has 5 N–H and O–H groups in total. The molecule has 56 heavy (non-hydrogen) atoms. The van der Waals surface area contributed by atoms with Crippen molar-refractivity contribution in [3.63, 3.8) is 0 Å². The maximum atomic E-state index is 12.7. The smallest absolute Gasteiger partial charge is 0.255 e. The van der Waals surface area contributed by atoms with E-state index in [4.69, 9.17) is 15.3 Å². The monoisotopic (exact) mass is 795 g/mol. The van der Waals surface area contributed by atoms with Gasteiger partial charge in [0.15, 0.2) is 5.75 Å². The third-order valence-corrected chi connectivity index (χ3v) is 8.92. The number of amides is 1. The zero-order valence-corrected chi connectivity index (χ0v) is 30.8. The number of carbonyl (C=O) groups is 1. The van der Waals surface area contributed by atoms with E-state index in [0.717, 1.165) is 12.0 Å². The lowest BCUT2D eigenvalue weighted by Crippen LogP contribution is -2.11. The number of benzene rings is 6. The van der Waals surface area contributed by atoms with Gasteiger partial charge in [0.25, 0.3) is 5.91 Å². The molecule has 0 aliphatic rings. The Morgan fingerprint density at radius 1 is 0.679 bits per heavy atom. The average molecular weight is 796 g/mol. The Morgan fingerprint density at radius 3 is 2.07 bits per heavy atom. The van der Waals surface area contributed by atoms with Gasteiger partial charge in [0, 0.05) is 27.6 Å². The Labute approximate surface area is 326 Å². The highest BCUT2D eigenvalue weighted by atomic mass is 32.2. The van der Waals surface area contributed by atoms with Crippen LogP contribution in [0.1, 0.15) is 15.9 Å². The molecule has 0 aromatic heterocycles. The molecule has 284 valence electrons. The Kier molecular flexibility index (Phi) is 13.3. The van der Waals surface area contributed by atoms with Crippen LogP contribution in [0.25, 0.3) is 10.8 Å². The lowest BCUT2D eigenvalue weighted by molar-refractivity contribution is -0.432. The summed E-state index contributed by atoms with van der Waals surface area (Å²) in [6, 6.07) is 29.5. The van der Waals surface area contributed by atoms with E-state index in [1.54, 1.807) is 84.9 Å². The van der Waals surface area contributed by atoms with Gasteiger partial charge in [-0.05, 0) is 115 Å². The number of ether oxygens (including phenoxy) is 1. The van der Waals surface area contributed by atoms with Crippen LogP contribution in [0.3, 0.4) is 0 Å². The molecule has 0 atom stereocenters. The van der Waals surface area contributed by atoms with Crippen LogP contribution in [0.2, 0.25) is 0 Å². The lowest BCUT2D eigenvalue weighted by Gasteiger charge is -2.12. The van der Waals surface area contributed by atoms with Crippen molar-refractivity contribution < 1.29 is 49.0 Å². The Morgan fingerprint density at radius 2 is 1.36 bits per heavy atom. The molecule has 0 heterocycles. The maximum absolute atomic E-state index is 12.7. The van der Waals surface area contributed by atoms with Gasteiger partial charge in [0.05, 0.1) is 58.8 Å². The van der Waals surface area contributed by atoms with Gasteiger partial charge in [0.2, 0.25) is 0 Å². The van der Waals surface area contributed by atoms with Crippen molar-refractivity contribution in [3.05, 3.63) is 120 Å². The number of hydrogen-bond donors (Lipinski definition) is 5. The van der Waals surface area contributed by atoms with Crippen LogP contribution in [-0.4, -0.2) is 33.7 Å². The quantitative estimate of drug-likeness (QED) is 0.0283. The number of fused-ring (bicyclic) bond motifs is 1. The van der Waals surface area contributed by atoms with Crippen molar-refractivity contribution in [2.75, 3.05) is 12.4 Å². The summed E-state index contributed by atoms with van der Waals surface area (Å²) in [5.74, 6) is -0.306. The molecule has 1 amide bonds. The zero-order chi connectivity index (χ0) is 39.4. The van der Waals surface area contributed by atoms with E-state index in [-0.39, 0.29) is 22.1 Å². The molecule has 0 fully saturated rings. The first-order chi connectivity index (χ1) is 27.2. The minimum absolute atomic E-state index is 0.00199. The number of phenols is 2. The van der Waals surface area contributed by atoms with Gasteiger partial charge < -0.3 is 20.3 Å². The zero-order valence-electron chi connectivity index (χ0n) is 29.1. The third kappa shape index (κ3) is 10.1. The Bertz CT molecular complexity index is 2430. The van der Waals surface area contributed by atoms with Crippen molar-refractivity contribution in [1.29, 1.82) is 0 Å². The van der Waals surface area contributed by atoms with Crippen LogP contribution in [-0.2, 0) is 18.7 Å². The van der Waals surface area contributed by atoms with Crippen LogP contribution in [0, 0.1) is 6.92 Å². The molecule has 0 spiro atoms. The molecule has 0 aliphatic heterocycles. The molecule has 0 bridgehead atoms. The summed E-state index contributed by atoms with van der Waals surface area (Å²) >= 11 is 1.39. The van der Waals surface area contributed by atoms with Gasteiger partial charge in [-0.15, -0.1) is 18.9 Å². The van der Waals surface area contributed by atoms with Gasteiger partial charge in [-0.25, -0.2) is 10.5 Å². The average Bonchev–Trinajstić information content (AvgIpc) is 3.21. The van der Waals surface area contributed by atoms with Gasteiger partial charge in [-0.1, -0.05) is 16.1 Å². The molecule has 6 aromatic rings. The number of carbonyl (C=O) groups excluding carboxylic acids is 1. The molecule has 6 rings (SSSR count). The standard InChI is InChI=1S/C37H29N7O10S2/c1-21-16-32(33(50-2)20-31(21)42-40-25-10-8-24(9-11-25)39-41-27-4-3-5-29(19-27)55-53-51-48)43-44-35-34(56-54-52-49)18-23-17-26(12-15-30(23)36(35)46)38-37(47)22-6-13-28(45)14-7-22/h3-20,45-46,48-49H,1-2H3,(H,38,47). The first-order valence-corrected chi connectivity index (χ1v) is 17.6. The fraction of sp³-hybridized carbons (Fsp3) is 0.0541. The number of nitrogens with zero attached hydrogens (tertiary/aromatic N) is 6. The predicted molar refractivity (Wildman–Crippen MR) is 206 cm³/mol. The second-order valence-electron chi connectivity index (χ2n) is 11.4. The molecular formula is C37H29N7O10S2. The van der Waals surface area contributed by atoms with Gasteiger partial charge in [-0.2, -0.15) is 20.5 Å². The molecule has 19 heteroatoms. The number of aryl methyl sites for hydroxylation is 1. The SMILES string of the molecule is COc1cc(N=Nc2ccc(N=Nc3cccc(SOOO)c3)cc2)c(C)cc1N=Nc1c(SOOO)cc2cc(NC(=O)c3ccc(O)cc3)ccc2c1O. The molecule has 0 aliphatic carbocycles. The fourth-order valence-corrected chi connectivity index (χ4v) is 5.95. The molecule has 0 unspecified atom stereocenters. The van der Waals surface area contributed by atoms with Crippen molar-refractivity contribution >= 4 is 80.6 Å². The molecule has 0 saturated carbocycles. The van der Waals surface area contributed by atoms with Gasteiger partial charge >= 0.3 is 0 Å². The van der Waals surface area contributed by atoms with Crippen LogP contribution >= 0.6 is 24.1 Å². The largest absolute Gasteiger partial charge is 0.508 e. The van der Waals surface area contributed by atoms with Crippen molar-refractivity contribution in [1.82, 2.24) is 0 Å². The maximum Gasteiger partial charge on any atom is 0.255 e. The van der Waals surface area contributed by atoms with Crippen LogP contribution < -0.4 is 10.1 Å². The van der Waals surface area contributed by atoms with Crippen LogP contribution in [0.15, 0.2) is 150 Å². The third-order valence-electron chi connectivity index (χ3n) is 7.73. The topological polar surface area (TPSA) is 230 Å². The van der Waals surface area contributed by atoms with Crippen LogP contribution in [0.4, 0.5) is 39.8 Å². The summed E-state index contributed by atoms with van der Waals surface area (Å²) in [5.41, 5.74) is 3.99. The molecule has 17 nitrogen and oxygen atoms in total. The van der Waals surface area contributed by atoms with Crippen LogP contribution in [0.5, 0.6) is 17.2 Å². The highest BCUT2D eigenvalue weighted by Crippen LogP contribution is 2.45. The first-order valence-electron chi connectivity index (χ1n) is 16.1. The second-order valence-corrected chi connectivity index (χ2v) is 12.9. The van der Waals surface area contributed by atoms with E-state index >= 15 is 0 Å². The number of azo groups is 3. The molecular weight excluding hydrogens is 767 g/mol. The second kappa shape index (κ2) is 18.8. The van der Waals surface area contributed by atoms with E-state index in [1.807, 2.05) is 6.92 Å².